The van der Waals surface area contributed by atoms with Crippen LogP contribution in [0, 0.1) is 6.92 Å². The van der Waals surface area contributed by atoms with E-state index in [2.05, 4.69) is 15.9 Å². The van der Waals surface area contributed by atoms with Gasteiger partial charge in [-0.1, -0.05) is 27.5 Å². The molecule has 0 aliphatic rings. The Morgan fingerprint density at radius 2 is 1.92 bits per heavy atom. The summed E-state index contributed by atoms with van der Waals surface area (Å²) in [4.78, 5) is -0.00311. The predicted octanol–water partition coefficient (Wildman–Crippen LogP) is 3.34. The molecule has 72 valence electrons. The Morgan fingerprint density at radius 3 is 2.31 bits per heavy atom. The number of rotatable bonds is 1. The van der Waals surface area contributed by atoms with Crippen molar-refractivity contribution in [1.29, 1.82) is 0 Å². The van der Waals surface area contributed by atoms with Gasteiger partial charge in [0.05, 0.1) is 4.90 Å². The van der Waals surface area contributed by atoms with Gasteiger partial charge in [0.2, 0.25) is 0 Å². The van der Waals surface area contributed by atoms with Gasteiger partial charge in [0.15, 0.2) is 0 Å². The van der Waals surface area contributed by atoms with Crippen molar-refractivity contribution in [3.63, 3.8) is 0 Å². The zero-order chi connectivity index (χ0) is 10.2. The first kappa shape index (κ1) is 11.3. The van der Waals surface area contributed by atoms with E-state index in [1.54, 1.807) is 6.92 Å². The molecule has 1 aromatic rings. The topological polar surface area (TPSA) is 34.1 Å². The average molecular weight is 304 g/mol. The molecule has 0 bridgehead atoms. The molecule has 0 saturated heterocycles. The molecule has 0 fully saturated rings. The molecule has 0 heterocycles. The lowest BCUT2D eigenvalue weighted by molar-refractivity contribution is 0.609. The van der Waals surface area contributed by atoms with Crippen LogP contribution in [0.3, 0.4) is 0 Å². The molecule has 0 radical (unpaired) electrons. The molecule has 6 heteroatoms. The van der Waals surface area contributed by atoms with Crippen LogP contribution in [0.15, 0.2) is 21.5 Å². The van der Waals surface area contributed by atoms with Gasteiger partial charge in [-0.15, -0.1) is 0 Å². The van der Waals surface area contributed by atoms with Gasteiger partial charge in [0.25, 0.3) is 9.05 Å². The second-order valence-electron chi connectivity index (χ2n) is 2.45. The maximum atomic E-state index is 10.9. The lowest BCUT2D eigenvalue weighted by atomic mass is 10.2. The van der Waals surface area contributed by atoms with Crippen LogP contribution >= 0.6 is 38.2 Å². The number of halogens is 3. The molecule has 0 aliphatic heterocycles. The van der Waals surface area contributed by atoms with Crippen LogP contribution in [0.5, 0.6) is 0 Å². The van der Waals surface area contributed by atoms with E-state index in [1.165, 1.54) is 12.1 Å². The molecule has 0 aliphatic carbocycles. The molecule has 0 atom stereocenters. The van der Waals surface area contributed by atoms with E-state index in [0.29, 0.717) is 9.50 Å². The summed E-state index contributed by atoms with van der Waals surface area (Å²) < 4.78 is 22.5. The number of hydrogen-bond acceptors (Lipinski definition) is 2. The molecule has 0 unspecified atom stereocenters. The summed E-state index contributed by atoms with van der Waals surface area (Å²) in [7, 11) is 1.44. The summed E-state index contributed by atoms with van der Waals surface area (Å²) in [5.41, 5.74) is 0.783. The predicted molar refractivity (Wildman–Crippen MR) is 56.9 cm³/mol. The Balaban J connectivity index is 3.47. The molecule has 0 N–H and O–H groups in total. The first-order valence-corrected chi connectivity index (χ1v) is 6.70. The van der Waals surface area contributed by atoms with Crippen molar-refractivity contribution < 1.29 is 8.42 Å². The summed E-state index contributed by atoms with van der Waals surface area (Å²) in [5.74, 6) is 0. The summed E-state index contributed by atoms with van der Waals surface area (Å²) in [6, 6.07) is 2.74. The summed E-state index contributed by atoms with van der Waals surface area (Å²) in [6.45, 7) is 1.77. The van der Waals surface area contributed by atoms with Crippen LogP contribution in [-0.4, -0.2) is 8.42 Å². The Hall–Kier alpha value is 0.230. The highest BCUT2D eigenvalue weighted by atomic mass is 79.9. The second-order valence-corrected chi connectivity index (χ2v) is 6.28. The van der Waals surface area contributed by atoms with Gasteiger partial charge in [0, 0.05) is 20.2 Å². The molecule has 1 aromatic carbocycles. The third-order valence-electron chi connectivity index (χ3n) is 1.54. The van der Waals surface area contributed by atoms with Crippen molar-refractivity contribution in [2.45, 2.75) is 11.8 Å². The second kappa shape index (κ2) is 3.77. The Morgan fingerprint density at radius 1 is 1.38 bits per heavy atom. The highest BCUT2D eigenvalue weighted by Crippen LogP contribution is 2.29. The first-order valence-electron chi connectivity index (χ1n) is 3.22. The molecule has 0 aromatic heterocycles. The van der Waals surface area contributed by atoms with Gasteiger partial charge >= 0.3 is 0 Å². The van der Waals surface area contributed by atoms with Crippen molar-refractivity contribution in [2.24, 2.45) is 0 Å². The lowest BCUT2D eigenvalue weighted by Gasteiger charge is -2.03. The van der Waals surface area contributed by atoms with Crippen molar-refractivity contribution >= 4 is 47.3 Å². The fourth-order valence-corrected chi connectivity index (χ4v) is 2.56. The molecular weight excluding hydrogens is 299 g/mol. The minimum absolute atomic E-state index is 0.00311. The molecule has 0 saturated carbocycles. The molecule has 1 rings (SSSR count). The maximum absolute atomic E-state index is 10.9. The Kier molecular flexibility index (Phi) is 3.28. The number of benzene rings is 1. The van der Waals surface area contributed by atoms with E-state index in [4.69, 9.17) is 22.3 Å². The monoisotopic (exact) mass is 302 g/mol. The summed E-state index contributed by atoms with van der Waals surface area (Å²) >= 11 is 8.95. The van der Waals surface area contributed by atoms with E-state index < -0.39 is 9.05 Å². The molecule has 0 spiro atoms. The fourth-order valence-electron chi connectivity index (χ4n) is 0.763. The number of hydrogen-bond donors (Lipinski definition) is 0. The summed E-state index contributed by atoms with van der Waals surface area (Å²) in [6.07, 6.45) is 0. The average Bonchev–Trinajstić information content (AvgIpc) is 1.97. The lowest BCUT2D eigenvalue weighted by Crippen LogP contribution is -1.92. The molecule has 2 nitrogen and oxygen atoms in total. The Labute approximate surface area is 94.4 Å². The minimum atomic E-state index is -3.71. The zero-order valence-corrected chi connectivity index (χ0v) is 10.4. The zero-order valence-electron chi connectivity index (χ0n) is 6.51. The third-order valence-corrected chi connectivity index (χ3v) is 4.09. The minimum Gasteiger partial charge on any atom is -0.207 e. The van der Waals surface area contributed by atoms with Crippen LogP contribution in [0.25, 0.3) is 0 Å². The van der Waals surface area contributed by atoms with Gasteiger partial charge in [0.1, 0.15) is 0 Å². The van der Waals surface area contributed by atoms with Gasteiger partial charge in [-0.05, 0) is 24.6 Å². The van der Waals surface area contributed by atoms with Crippen LogP contribution in [0.1, 0.15) is 5.56 Å². The van der Waals surface area contributed by atoms with Crippen LogP contribution < -0.4 is 0 Å². The smallest absolute Gasteiger partial charge is 0.207 e. The normalized spacial score (nSPS) is 11.7. The third kappa shape index (κ3) is 2.59. The molecule has 13 heavy (non-hydrogen) atoms. The van der Waals surface area contributed by atoms with Gasteiger partial charge in [-0.25, -0.2) is 8.42 Å². The van der Waals surface area contributed by atoms with E-state index in [-0.39, 0.29) is 4.90 Å². The van der Waals surface area contributed by atoms with Gasteiger partial charge < -0.3 is 0 Å². The SMILES string of the molecule is Cc1c(Cl)cc(S(=O)(=O)Cl)cc1Br. The maximum Gasteiger partial charge on any atom is 0.261 e. The van der Waals surface area contributed by atoms with Gasteiger partial charge in [-0.2, -0.15) is 0 Å². The largest absolute Gasteiger partial charge is 0.261 e. The molecular formula is C7H5BrCl2O2S. The van der Waals surface area contributed by atoms with Crippen molar-refractivity contribution in [3.05, 3.63) is 27.2 Å². The van der Waals surface area contributed by atoms with Crippen LogP contribution in [-0.2, 0) is 9.05 Å². The fraction of sp³-hybridized carbons (Fsp3) is 0.143. The van der Waals surface area contributed by atoms with Crippen molar-refractivity contribution in [3.8, 4) is 0 Å². The standard InChI is InChI=1S/C7H5BrCl2O2S/c1-4-6(8)2-5(3-7(4)9)13(10,11)12/h2-3H,1H3. The molecule has 0 amide bonds. The highest BCUT2D eigenvalue weighted by Gasteiger charge is 2.13. The Bertz CT molecular complexity index is 419. The first-order chi connectivity index (χ1) is 5.82. The van der Waals surface area contributed by atoms with E-state index in [9.17, 15) is 8.42 Å². The van der Waals surface area contributed by atoms with Crippen molar-refractivity contribution in [2.75, 3.05) is 0 Å². The highest BCUT2D eigenvalue weighted by molar-refractivity contribution is 9.10. The van der Waals surface area contributed by atoms with Crippen LogP contribution in [0.2, 0.25) is 5.02 Å². The van der Waals surface area contributed by atoms with Crippen LogP contribution in [0.4, 0.5) is 0 Å². The van der Waals surface area contributed by atoms with E-state index >= 15 is 0 Å². The van der Waals surface area contributed by atoms with Gasteiger partial charge in [-0.3, -0.25) is 0 Å². The van der Waals surface area contributed by atoms with E-state index in [0.717, 1.165) is 5.56 Å². The van der Waals surface area contributed by atoms with Crippen molar-refractivity contribution in [1.82, 2.24) is 0 Å². The quantitative estimate of drug-likeness (QED) is 0.746. The van der Waals surface area contributed by atoms with E-state index in [1.807, 2.05) is 0 Å². The summed E-state index contributed by atoms with van der Waals surface area (Å²) in [5, 5.41) is 0.369.